The van der Waals surface area contributed by atoms with E-state index in [1.807, 2.05) is 48.5 Å². The van der Waals surface area contributed by atoms with Crippen LogP contribution in [0.25, 0.3) is 0 Å². The predicted octanol–water partition coefficient (Wildman–Crippen LogP) is -6.85. The zero-order chi connectivity index (χ0) is 16.9. The largest absolute Gasteiger partial charge is 2.00 e. The summed E-state index contributed by atoms with van der Waals surface area (Å²) in [5.41, 5.74) is 1.29. The van der Waals surface area contributed by atoms with Crippen LogP contribution in [0.2, 0.25) is 0 Å². The predicted molar refractivity (Wildman–Crippen MR) is 126 cm³/mol. The average Bonchev–Trinajstić information content (AvgIpc) is 2.58. The first-order valence-corrected chi connectivity index (χ1v) is 8.96. The van der Waals surface area contributed by atoms with Gasteiger partial charge < -0.3 is 79.6 Å². The number of halogens is 5. The molecule has 0 unspecified atom stereocenters. The molecule has 1 aliphatic carbocycles. The Labute approximate surface area is 305 Å². The molecule has 0 saturated heterocycles. The van der Waals surface area contributed by atoms with Crippen molar-refractivity contribution < 1.29 is 72.7 Å². The zero-order valence-corrected chi connectivity index (χ0v) is 32.2. The van der Waals surface area contributed by atoms with Crippen LogP contribution in [0.4, 0.5) is 0 Å². The quantitative estimate of drug-likeness (QED) is 0.207. The van der Waals surface area contributed by atoms with Gasteiger partial charge in [0, 0.05) is 4.47 Å². The smallest absolute Gasteiger partial charge is 1.00 e. The van der Waals surface area contributed by atoms with Crippen molar-refractivity contribution in [2.75, 3.05) is 7.11 Å². The Hall–Kier alpha value is 3.70. The minimum atomic E-state index is 0. The fraction of sp³-hybridized carbons (Fsp3) is 0.381. The molecule has 0 radical (unpaired) electrons. The maximum absolute atomic E-state index is 4.95. The van der Waals surface area contributed by atoms with Crippen LogP contribution in [0.3, 0.4) is 0 Å². The molecule has 1 saturated carbocycles. The summed E-state index contributed by atoms with van der Waals surface area (Å²) in [5.74, 6) is 1.67. The van der Waals surface area contributed by atoms with Crippen LogP contribution in [0.1, 0.15) is 37.7 Å². The van der Waals surface area contributed by atoms with Gasteiger partial charge in [-0.3, -0.25) is 0 Å². The molecule has 2 aromatic carbocycles. The number of aryl methyl sites for hydroxylation is 1. The fourth-order valence-electron chi connectivity index (χ4n) is 2.23. The minimum absolute atomic E-state index is 0. The van der Waals surface area contributed by atoms with Crippen LogP contribution in [0.15, 0.2) is 53.0 Å². The van der Waals surface area contributed by atoms with Crippen molar-refractivity contribution in [1.82, 2.24) is 0 Å². The molecule has 0 bridgehead atoms. The normalized spacial score (nSPS) is 10.3. The van der Waals surface area contributed by atoms with Crippen LogP contribution < -0.4 is 72.7 Å². The maximum atomic E-state index is 4.95. The van der Waals surface area contributed by atoms with E-state index in [2.05, 4.69) is 35.8 Å². The molecule has 1 aliphatic rings. The summed E-state index contributed by atoms with van der Waals surface area (Å²) in [5, 5.41) is 0. The van der Waals surface area contributed by atoms with E-state index >= 15 is 0 Å². The van der Waals surface area contributed by atoms with Crippen molar-refractivity contribution in [1.29, 1.82) is 0 Å². The number of rotatable bonds is 1. The third kappa shape index (κ3) is 33.7. The third-order valence-corrected chi connectivity index (χ3v) is 4.19. The van der Waals surface area contributed by atoms with E-state index in [0.29, 0.717) is 0 Å². The first kappa shape index (κ1) is 55.3. The molecule has 0 amide bonds. The van der Waals surface area contributed by atoms with Crippen molar-refractivity contribution in [3.8, 4) is 5.75 Å². The maximum Gasteiger partial charge on any atom is 2.00 e. The van der Waals surface area contributed by atoms with E-state index in [9.17, 15) is 0 Å². The average molecular weight is 792 g/mol. The molecule has 0 heterocycles. The van der Waals surface area contributed by atoms with Crippen molar-refractivity contribution in [2.24, 2.45) is 5.92 Å². The first-order chi connectivity index (χ1) is 11.1. The van der Waals surface area contributed by atoms with Gasteiger partial charge >= 0.3 is 92.2 Å². The van der Waals surface area contributed by atoms with Gasteiger partial charge in [-0.05, 0) is 24.3 Å². The monoisotopic (exact) mass is 786 g/mol. The molecule has 0 atom stereocenters. The Morgan fingerprint density at radius 2 is 1.23 bits per heavy atom. The summed E-state index contributed by atoms with van der Waals surface area (Å²) in [7, 11) is 1.66. The molecule has 10 heteroatoms. The number of benzene rings is 2. The first-order valence-electron chi connectivity index (χ1n) is 8.17. The molecular weight excluding hydrogens is 765 g/mol. The molecule has 2 aromatic rings. The standard InChI is InChI=1S/C7H7BrO.C7H13.C7H7.4BrH.4Mg/c1-9-7-4-2-6(8)3-5-7;2*1-7-5-3-2-4-6-7;;;;;;;;/h2-5H,1H3;7H,1-6H2;3-6H,1H3;4*1H;;;;/q;2*-1;;;;;4*+2/p-4. The Balaban J connectivity index is -0.0000000380. The molecule has 1 nitrogen and oxygen atoms in total. The van der Waals surface area contributed by atoms with Gasteiger partial charge in [0.25, 0.3) is 0 Å². The van der Waals surface area contributed by atoms with Crippen LogP contribution >= 0.6 is 15.9 Å². The molecule has 0 aliphatic heterocycles. The second kappa shape index (κ2) is 38.2. The molecular formula is C21H27Br5Mg4O+2. The van der Waals surface area contributed by atoms with Gasteiger partial charge in [0.2, 0.25) is 0 Å². The van der Waals surface area contributed by atoms with Gasteiger partial charge in [-0.15, -0.1) is 0 Å². The summed E-state index contributed by atoms with van der Waals surface area (Å²) in [4.78, 5) is 0. The summed E-state index contributed by atoms with van der Waals surface area (Å²) in [6, 6.07) is 18.5. The van der Waals surface area contributed by atoms with E-state index in [4.69, 9.17) is 4.74 Å². The van der Waals surface area contributed by atoms with E-state index in [0.717, 1.165) is 16.1 Å². The van der Waals surface area contributed by atoms with E-state index in [1.165, 1.54) is 37.7 Å². The fourth-order valence-corrected chi connectivity index (χ4v) is 2.49. The molecule has 0 spiro atoms. The third-order valence-electron chi connectivity index (χ3n) is 3.66. The molecule has 158 valence electrons. The number of ether oxygens (including phenoxy) is 1. The Morgan fingerprint density at radius 1 is 0.806 bits per heavy atom. The second-order valence-corrected chi connectivity index (χ2v) is 6.66. The van der Waals surface area contributed by atoms with Gasteiger partial charge in [-0.1, -0.05) is 55.0 Å². The summed E-state index contributed by atoms with van der Waals surface area (Å²) in [6.45, 7) is 6.06. The van der Waals surface area contributed by atoms with Crippen LogP contribution in [0, 0.1) is 25.8 Å². The van der Waals surface area contributed by atoms with Gasteiger partial charge in [-0.25, -0.2) is 0 Å². The van der Waals surface area contributed by atoms with Gasteiger partial charge in [-0.2, -0.15) is 41.8 Å². The minimum Gasteiger partial charge on any atom is -1.00 e. The van der Waals surface area contributed by atoms with Crippen LogP contribution in [0.5, 0.6) is 5.75 Å². The number of hydrogen-bond acceptors (Lipinski definition) is 1. The number of methoxy groups -OCH3 is 1. The molecule has 0 N–H and O–H groups in total. The molecule has 0 aromatic heterocycles. The Bertz CT molecular complexity index is 531. The van der Waals surface area contributed by atoms with Crippen molar-refractivity contribution in [2.45, 2.75) is 39.0 Å². The van der Waals surface area contributed by atoms with Gasteiger partial charge in [0.1, 0.15) is 5.75 Å². The van der Waals surface area contributed by atoms with E-state index in [-0.39, 0.29) is 160 Å². The second-order valence-electron chi connectivity index (χ2n) is 5.74. The molecule has 31 heavy (non-hydrogen) atoms. The Kier molecular flexibility index (Phi) is 68.2. The van der Waals surface area contributed by atoms with Gasteiger partial charge in [0.05, 0.1) is 7.11 Å². The summed E-state index contributed by atoms with van der Waals surface area (Å²) in [6.07, 6.45) is 7.05. The summed E-state index contributed by atoms with van der Waals surface area (Å²) < 4.78 is 6.02. The van der Waals surface area contributed by atoms with Crippen molar-refractivity contribution in [3.05, 3.63) is 71.6 Å². The SMILES string of the molecule is COc1ccc(Br)cc1.Cc1cc[c-]cc1.[Br-].[Br-].[Br-].[Br-].[CH2-]C1CCCCC1.[Mg+2].[Mg+2].[Mg+2].[Mg+2]. The van der Waals surface area contributed by atoms with Crippen LogP contribution in [-0.2, 0) is 0 Å². The Morgan fingerprint density at radius 3 is 1.48 bits per heavy atom. The van der Waals surface area contributed by atoms with E-state index < -0.39 is 0 Å². The molecule has 1 fully saturated rings. The topological polar surface area (TPSA) is 9.23 Å². The van der Waals surface area contributed by atoms with Gasteiger partial charge in [0.15, 0.2) is 0 Å². The van der Waals surface area contributed by atoms with Crippen molar-refractivity contribution in [3.63, 3.8) is 0 Å². The zero-order valence-electron chi connectivity index (χ0n) is 18.6. The molecule has 3 rings (SSSR count). The number of hydrogen-bond donors (Lipinski definition) is 0. The summed E-state index contributed by atoms with van der Waals surface area (Å²) >= 11 is 3.32. The van der Waals surface area contributed by atoms with Crippen molar-refractivity contribution >= 4 is 108 Å². The van der Waals surface area contributed by atoms with Crippen LogP contribution in [-0.4, -0.2) is 99.3 Å². The van der Waals surface area contributed by atoms with E-state index in [1.54, 1.807) is 7.11 Å².